The molecule has 2 aromatic carbocycles. The molecule has 1 aliphatic rings. The van der Waals surface area contributed by atoms with E-state index in [-0.39, 0.29) is 9.79 Å². The average molecular weight is 421 g/mol. The summed E-state index contributed by atoms with van der Waals surface area (Å²) in [5, 5.41) is 0. The summed E-state index contributed by atoms with van der Waals surface area (Å²) in [6, 6.07) is 13.2. The molecule has 0 saturated heterocycles. The van der Waals surface area contributed by atoms with Crippen molar-refractivity contribution in [2.75, 3.05) is 13.1 Å². The van der Waals surface area contributed by atoms with Crippen LogP contribution in [-0.2, 0) is 20.0 Å². The van der Waals surface area contributed by atoms with E-state index in [0.29, 0.717) is 25.9 Å². The maximum Gasteiger partial charge on any atom is 0.263 e. The van der Waals surface area contributed by atoms with Gasteiger partial charge in [-0.2, -0.15) is 0 Å². The molecule has 2 aromatic rings. The molecule has 0 aromatic heterocycles. The predicted octanol–water partition coefficient (Wildman–Crippen LogP) is 3.25. The summed E-state index contributed by atoms with van der Waals surface area (Å²) >= 11 is 0. The Morgan fingerprint density at radius 1 is 0.607 bits per heavy atom. The number of hydrogen-bond donors (Lipinski definition) is 0. The Balaban J connectivity index is 1.91. The van der Waals surface area contributed by atoms with E-state index in [9.17, 15) is 16.8 Å². The fourth-order valence-corrected chi connectivity index (χ4v) is 5.59. The number of nitrogens with zero attached hydrogens (tertiary/aromatic N) is 2. The number of benzene rings is 2. The normalized spacial score (nSPS) is 17.1. The lowest BCUT2D eigenvalue weighted by atomic mass is 10.2. The SMILES string of the molecule is Cc1ccc(S(=O)(=O)N2/C=C\N(S(=O)(=O)c3ccc(C)cc3)CCCC2)cc1. The van der Waals surface area contributed by atoms with Crippen LogP contribution in [0, 0.1) is 13.8 Å². The van der Waals surface area contributed by atoms with Crippen LogP contribution < -0.4 is 0 Å². The van der Waals surface area contributed by atoms with Gasteiger partial charge >= 0.3 is 0 Å². The number of hydrogen-bond acceptors (Lipinski definition) is 4. The zero-order valence-corrected chi connectivity index (χ0v) is 17.6. The lowest BCUT2D eigenvalue weighted by molar-refractivity contribution is 0.425. The van der Waals surface area contributed by atoms with Crippen molar-refractivity contribution in [3.63, 3.8) is 0 Å². The van der Waals surface area contributed by atoms with Gasteiger partial charge in [-0.25, -0.2) is 16.8 Å². The first-order valence-electron chi connectivity index (χ1n) is 9.06. The van der Waals surface area contributed by atoms with Crippen LogP contribution >= 0.6 is 0 Å². The van der Waals surface area contributed by atoms with E-state index < -0.39 is 20.0 Å². The largest absolute Gasteiger partial charge is 0.272 e. The van der Waals surface area contributed by atoms with Gasteiger partial charge in [0.25, 0.3) is 20.0 Å². The first kappa shape index (κ1) is 20.4. The second-order valence-corrected chi connectivity index (χ2v) is 10.6. The van der Waals surface area contributed by atoms with Crippen LogP contribution in [0.5, 0.6) is 0 Å². The summed E-state index contributed by atoms with van der Waals surface area (Å²) in [6.45, 7) is 4.40. The van der Waals surface area contributed by atoms with Crippen molar-refractivity contribution in [2.45, 2.75) is 36.5 Å². The molecule has 0 amide bonds. The van der Waals surface area contributed by atoms with Gasteiger partial charge in [-0.1, -0.05) is 35.4 Å². The maximum atomic E-state index is 12.9. The first-order chi connectivity index (χ1) is 13.2. The van der Waals surface area contributed by atoms with Gasteiger partial charge in [0.15, 0.2) is 0 Å². The van der Waals surface area contributed by atoms with Crippen LogP contribution in [0.4, 0.5) is 0 Å². The second-order valence-electron chi connectivity index (χ2n) is 6.86. The van der Waals surface area contributed by atoms with E-state index in [4.69, 9.17) is 0 Å². The van der Waals surface area contributed by atoms with Gasteiger partial charge in [-0.15, -0.1) is 0 Å². The van der Waals surface area contributed by atoms with Crippen molar-refractivity contribution in [1.82, 2.24) is 8.61 Å². The van der Waals surface area contributed by atoms with E-state index in [1.165, 1.54) is 21.0 Å². The molecule has 0 aliphatic carbocycles. The van der Waals surface area contributed by atoms with Crippen LogP contribution in [0.3, 0.4) is 0 Å². The number of sulfonamides is 2. The van der Waals surface area contributed by atoms with Crippen molar-refractivity contribution in [3.8, 4) is 0 Å². The zero-order chi connectivity index (χ0) is 20.4. The van der Waals surface area contributed by atoms with Crippen LogP contribution in [0.1, 0.15) is 24.0 Å². The van der Waals surface area contributed by atoms with Crippen LogP contribution in [0.25, 0.3) is 0 Å². The molecular formula is C20H24N2O4S2. The zero-order valence-electron chi connectivity index (χ0n) is 15.9. The minimum atomic E-state index is -3.73. The lowest BCUT2D eigenvalue weighted by Crippen LogP contribution is -2.33. The molecule has 6 nitrogen and oxygen atoms in total. The van der Waals surface area contributed by atoms with Gasteiger partial charge in [0.05, 0.1) is 9.79 Å². The van der Waals surface area contributed by atoms with Gasteiger partial charge < -0.3 is 0 Å². The summed E-state index contributed by atoms with van der Waals surface area (Å²) < 4.78 is 54.2. The Bertz CT molecular complexity index is 971. The Hall–Kier alpha value is -2.32. The Kier molecular flexibility index (Phi) is 5.81. The van der Waals surface area contributed by atoms with Crippen molar-refractivity contribution >= 4 is 20.0 Å². The van der Waals surface area contributed by atoms with Gasteiger partial charge in [-0.3, -0.25) is 8.61 Å². The fourth-order valence-electron chi connectivity index (χ4n) is 2.92. The van der Waals surface area contributed by atoms with Gasteiger partial charge in [0, 0.05) is 25.5 Å². The molecule has 0 N–H and O–H groups in total. The molecule has 0 saturated carbocycles. The van der Waals surface area contributed by atoms with E-state index in [0.717, 1.165) is 11.1 Å². The molecule has 0 bridgehead atoms. The first-order valence-corrected chi connectivity index (χ1v) is 11.9. The third-order valence-electron chi connectivity index (χ3n) is 4.66. The molecule has 0 radical (unpaired) electrons. The van der Waals surface area contributed by atoms with Crippen LogP contribution in [0.15, 0.2) is 70.7 Å². The topological polar surface area (TPSA) is 74.8 Å². The molecule has 0 fully saturated rings. The molecular weight excluding hydrogens is 396 g/mol. The molecule has 0 spiro atoms. The summed E-state index contributed by atoms with van der Waals surface area (Å²) in [7, 11) is -7.46. The standard InChI is InChI=1S/C20H24N2O4S2/c1-17-5-9-19(10-6-17)27(23,24)21-13-3-4-14-22(16-15-21)28(25,26)20-11-7-18(2)8-12-20/h5-12,15-16H,3-4,13-14H2,1-2H3/b16-15-. The summed E-state index contributed by atoms with van der Waals surface area (Å²) in [6.07, 6.45) is 3.82. The predicted molar refractivity (Wildman–Crippen MR) is 109 cm³/mol. The van der Waals surface area contributed by atoms with E-state index in [2.05, 4.69) is 0 Å². The Labute approximate surface area is 167 Å². The number of rotatable bonds is 4. The molecule has 0 atom stereocenters. The minimum Gasteiger partial charge on any atom is -0.272 e. The quantitative estimate of drug-likeness (QED) is 0.761. The third-order valence-corrected chi connectivity index (χ3v) is 8.24. The van der Waals surface area contributed by atoms with E-state index >= 15 is 0 Å². The van der Waals surface area contributed by atoms with E-state index in [1.807, 2.05) is 13.8 Å². The molecule has 1 heterocycles. The third kappa shape index (κ3) is 4.23. The van der Waals surface area contributed by atoms with Gasteiger partial charge in [0.1, 0.15) is 0 Å². The number of aryl methyl sites for hydroxylation is 2. The summed E-state index contributed by atoms with van der Waals surface area (Å²) in [5.41, 5.74) is 1.94. The highest BCUT2D eigenvalue weighted by molar-refractivity contribution is 7.89. The highest BCUT2D eigenvalue weighted by Gasteiger charge is 2.26. The highest BCUT2D eigenvalue weighted by Crippen LogP contribution is 2.22. The minimum absolute atomic E-state index is 0.191. The monoisotopic (exact) mass is 420 g/mol. The molecule has 8 heteroatoms. The summed E-state index contributed by atoms with van der Waals surface area (Å²) in [5.74, 6) is 0. The summed E-state index contributed by atoms with van der Waals surface area (Å²) in [4.78, 5) is 0.382. The van der Waals surface area contributed by atoms with Gasteiger partial charge in [0.2, 0.25) is 0 Å². The van der Waals surface area contributed by atoms with Gasteiger partial charge in [-0.05, 0) is 51.0 Å². The van der Waals surface area contributed by atoms with Crippen LogP contribution in [0.2, 0.25) is 0 Å². The molecule has 28 heavy (non-hydrogen) atoms. The average Bonchev–Trinajstić information content (AvgIpc) is 2.62. The molecule has 0 unspecified atom stereocenters. The van der Waals surface area contributed by atoms with Crippen molar-refractivity contribution in [1.29, 1.82) is 0 Å². The Morgan fingerprint density at radius 3 is 1.25 bits per heavy atom. The fraction of sp³-hybridized carbons (Fsp3) is 0.300. The molecule has 150 valence electrons. The smallest absolute Gasteiger partial charge is 0.263 e. The maximum absolute atomic E-state index is 12.9. The van der Waals surface area contributed by atoms with E-state index in [1.54, 1.807) is 48.5 Å². The molecule has 3 rings (SSSR count). The lowest BCUT2D eigenvalue weighted by Gasteiger charge is -2.27. The van der Waals surface area contributed by atoms with Crippen molar-refractivity contribution in [3.05, 3.63) is 72.1 Å². The second kappa shape index (κ2) is 7.97. The van der Waals surface area contributed by atoms with Crippen LogP contribution in [-0.4, -0.2) is 38.5 Å². The highest BCUT2D eigenvalue weighted by atomic mass is 32.2. The van der Waals surface area contributed by atoms with Crippen molar-refractivity contribution in [2.24, 2.45) is 0 Å². The Morgan fingerprint density at radius 2 is 0.929 bits per heavy atom. The van der Waals surface area contributed by atoms with Crippen molar-refractivity contribution < 1.29 is 16.8 Å². The molecule has 1 aliphatic heterocycles.